The number of amides is 1. The van der Waals surface area contributed by atoms with Crippen molar-refractivity contribution in [3.8, 4) is 11.5 Å². The summed E-state index contributed by atoms with van der Waals surface area (Å²) in [5.41, 5.74) is 0.0790. The number of carbonyl (C=O) groups excluding carboxylic acids is 3. The smallest absolute Gasteiger partial charge is 0.410 e. The number of Topliss-reactive ketones (excluding diaryl/α,β-unsaturated/α-hetero) is 1. The molecule has 0 spiro atoms. The van der Waals surface area contributed by atoms with Gasteiger partial charge in [0.05, 0.1) is 6.04 Å². The van der Waals surface area contributed by atoms with E-state index in [1.54, 1.807) is 25.1 Å². The molecule has 1 atom stereocenters. The molecule has 8 nitrogen and oxygen atoms in total. The fraction of sp³-hybridized carbons (Fsp3) is 0.591. The van der Waals surface area contributed by atoms with Gasteiger partial charge in [-0.3, -0.25) is 9.59 Å². The third-order valence-electron chi connectivity index (χ3n) is 5.90. The molecule has 1 unspecified atom stereocenters. The average molecular weight is 419 g/mol. The monoisotopic (exact) mass is 419 g/mol. The van der Waals surface area contributed by atoms with E-state index in [0.29, 0.717) is 17.1 Å². The molecule has 1 amide bonds. The van der Waals surface area contributed by atoms with Crippen molar-refractivity contribution in [1.82, 2.24) is 4.90 Å². The number of carbonyl (C=O) groups is 3. The van der Waals surface area contributed by atoms with Crippen molar-refractivity contribution in [3.05, 3.63) is 23.8 Å². The number of ketones is 1. The first kappa shape index (κ1) is 21.9. The second-order valence-electron chi connectivity index (χ2n) is 8.11. The van der Waals surface area contributed by atoms with E-state index in [4.69, 9.17) is 18.9 Å². The minimum Gasteiger partial charge on any atom is -0.465 e. The number of nitrogens with zero attached hydrogens (tertiary/aromatic N) is 1. The summed E-state index contributed by atoms with van der Waals surface area (Å²) in [6.45, 7) is 3.56. The number of esters is 1. The quantitative estimate of drug-likeness (QED) is 0.493. The SMILES string of the molecule is CC(=O)OCC1(COC(=O)N(C)C(C)C(=O)c2ccc3c(c2)OCO3)CCCCC1. The summed E-state index contributed by atoms with van der Waals surface area (Å²) in [5, 5.41) is 0. The maximum Gasteiger partial charge on any atom is 0.410 e. The maximum atomic E-state index is 12.8. The molecule has 2 aliphatic rings. The summed E-state index contributed by atoms with van der Waals surface area (Å²) in [4.78, 5) is 38.0. The second-order valence-corrected chi connectivity index (χ2v) is 8.11. The van der Waals surface area contributed by atoms with Crippen LogP contribution >= 0.6 is 0 Å². The highest BCUT2D eigenvalue weighted by Crippen LogP contribution is 2.37. The van der Waals surface area contributed by atoms with Gasteiger partial charge in [-0.1, -0.05) is 19.3 Å². The average Bonchev–Trinajstić information content (AvgIpc) is 3.23. The first-order valence-electron chi connectivity index (χ1n) is 10.3. The lowest BCUT2D eigenvalue weighted by atomic mass is 9.75. The molecule has 0 N–H and O–H groups in total. The van der Waals surface area contributed by atoms with Crippen LogP contribution in [0.1, 0.15) is 56.3 Å². The Bertz CT molecular complexity index is 801. The van der Waals surface area contributed by atoms with Gasteiger partial charge in [-0.15, -0.1) is 0 Å². The fourth-order valence-corrected chi connectivity index (χ4v) is 3.83. The highest BCUT2D eigenvalue weighted by molar-refractivity contribution is 6.01. The van der Waals surface area contributed by atoms with E-state index >= 15 is 0 Å². The molecule has 164 valence electrons. The summed E-state index contributed by atoms with van der Waals surface area (Å²) < 4.78 is 21.4. The van der Waals surface area contributed by atoms with Crippen molar-refractivity contribution in [2.45, 2.75) is 52.0 Å². The van der Waals surface area contributed by atoms with Gasteiger partial charge in [0, 0.05) is 24.9 Å². The number of fused-ring (bicyclic) bond motifs is 1. The number of hydrogen-bond donors (Lipinski definition) is 0. The lowest BCUT2D eigenvalue weighted by Crippen LogP contribution is -2.43. The number of ether oxygens (including phenoxy) is 4. The molecule has 0 aromatic heterocycles. The molecule has 1 aromatic rings. The summed E-state index contributed by atoms with van der Waals surface area (Å²) >= 11 is 0. The van der Waals surface area contributed by atoms with Crippen LogP contribution in [0.5, 0.6) is 11.5 Å². The number of benzene rings is 1. The standard InChI is InChI=1S/C22H29NO7/c1-15(20(25)17-7-8-18-19(11-17)30-14-29-18)23(3)21(26)28-13-22(12-27-16(2)24)9-5-4-6-10-22/h7-8,11,15H,4-6,9-10,12-14H2,1-3H3. The minimum absolute atomic E-state index is 0.129. The van der Waals surface area contributed by atoms with E-state index in [0.717, 1.165) is 32.1 Å². The van der Waals surface area contributed by atoms with Crippen molar-refractivity contribution in [2.75, 3.05) is 27.1 Å². The van der Waals surface area contributed by atoms with Crippen LogP contribution in [0.15, 0.2) is 18.2 Å². The van der Waals surface area contributed by atoms with Gasteiger partial charge >= 0.3 is 12.1 Å². The molecule has 3 rings (SSSR count). The van der Waals surface area contributed by atoms with E-state index in [1.807, 2.05) is 0 Å². The van der Waals surface area contributed by atoms with Crippen LogP contribution in [-0.2, 0) is 14.3 Å². The molecule has 0 bridgehead atoms. The van der Waals surface area contributed by atoms with Crippen LogP contribution in [0.2, 0.25) is 0 Å². The maximum absolute atomic E-state index is 12.8. The molecule has 1 aliphatic heterocycles. The van der Waals surface area contributed by atoms with Crippen LogP contribution in [-0.4, -0.2) is 55.8 Å². The Morgan fingerprint density at radius 3 is 2.43 bits per heavy atom. The van der Waals surface area contributed by atoms with Gasteiger partial charge in [0.1, 0.15) is 13.2 Å². The third kappa shape index (κ3) is 5.04. The highest BCUT2D eigenvalue weighted by Gasteiger charge is 2.36. The van der Waals surface area contributed by atoms with E-state index in [1.165, 1.54) is 18.9 Å². The van der Waals surface area contributed by atoms with Crippen LogP contribution in [0.4, 0.5) is 4.79 Å². The van der Waals surface area contributed by atoms with Gasteiger partial charge in [-0.05, 0) is 38.0 Å². The molecule has 1 fully saturated rings. The Labute approximate surface area is 176 Å². The van der Waals surface area contributed by atoms with Crippen molar-refractivity contribution in [3.63, 3.8) is 0 Å². The Hall–Kier alpha value is -2.77. The Balaban J connectivity index is 1.59. The zero-order chi connectivity index (χ0) is 21.7. The van der Waals surface area contributed by atoms with Crippen molar-refractivity contribution in [1.29, 1.82) is 0 Å². The highest BCUT2D eigenvalue weighted by atomic mass is 16.7. The van der Waals surface area contributed by atoms with E-state index in [9.17, 15) is 14.4 Å². The van der Waals surface area contributed by atoms with Crippen LogP contribution in [0.3, 0.4) is 0 Å². The molecule has 1 saturated carbocycles. The van der Waals surface area contributed by atoms with Crippen LogP contribution < -0.4 is 9.47 Å². The largest absolute Gasteiger partial charge is 0.465 e. The van der Waals surface area contributed by atoms with Crippen LogP contribution in [0, 0.1) is 5.41 Å². The van der Waals surface area contributed by atoms with E-state index < -0.39 is 12.1 Å². The van der Waals surface area contributed by atoms with Crippen molar-refractivity contribution < 1.29 is 33.3 Å². The molecule has 30 heavy (non-hydrogen) atoms. The Morgan fingerprint density at radius 2 is 1.73 bits per heavy atom. The normalized spacial score (nSPS) is 17.7. The number of rotatable bonds is 7. The summed E-state index contributed by atoms with van der Waals surface area (Å²) in [6.07, 6.45) is 4.23. The van der Waals surface area contributed by atoms with E-state index in [-0.39, 0.29) is 37.2 Å². The van der Waals surface area contributed by atoms with Gasteiger partial charge in [0.25, 0.3) is 0 Å². The minimum atomic E-state index is -0.714. The van der Waals surface area contributed by atoms with Crippen LogP contribution in [0.25, 0.3) is 0 Å². The molecular weight excluding hydrogens is 390 g/mol. The van der Waals surface area contributed by atoms with Gasteiger partial charge < -0.3 is 23.8 Å². The van der Waals surface area contributed by atoms with Crippen molar-refractivity contribution >= 4 is 17.8 Å². The van der Waals surface area contributed by atoms with Gasteiger partial charge in [0.15, 0.2) is 17.3 Å². The van der Waals surface area contributed by atoms with E-state index in [2.05, 4.69) is 0 Å². The second kappa shape index (κ2) is 9.36. The van der Waals surface area contributed by atoms with Gasteiger partial charge in [0.2, 0.25) is 6.79 Å². The topological polar surface area (TPSA) is 91.4 Å². The molecule has 0 saturated heterocycles. The zero-order valence-corrected chi connectivity index (χ0v) is 17.8. The lowest BCUT2D eigenvalue weighted by molar-refractivity contribution is -0.146. The Kier molecular flexibility index (Phi) is 6.84. The Morgan fingerprint density at radius 1 is 1.07 bits per heavy atom. The van der Waals surface area contributed by atoms with Crippen molar-refractivity contribution in [2.24, 2.45) is 5.41 Å². The first-order chi connectivity index (χ1) is 14.3. The van der Waals surface area contributed by atoms with Gasteiger partial charge in [-0.2, -0.15) is 0 Å². The predicted octanol–water partition coefficient (Wildman–Crippen LogP) is 3.57. The summed E-state index contributed by atoms with van der Waals surface area (Å²) in [6, 6.07) is 4.24. The molecule has 1 aromatic carbocycles. The summed E-state index contributed by atoms with van der Waals surface area (Å²) in [5.74, 6) is 0.548. The molecule has 8 heteroatoms. The molecule has 0 radical (unpaired) electrons. The van der Waals surface area contributed by atoms with Gasteiger partial charge in [-0.25, -0.2) is 4.79 Å². The first-order valence-corrected chi connectivity index (χ1v) is 10.3. The predicted molar refractivity (Wildman–Crippen MR) is 108 cm³/mol. The number of likely N-dealkylation sites (N-methyl/N-ethyl adjacent to an activating group) is 1. The third-order valence-corrected chi connectivity index (χ3v) is 5.90. The zero-order valence-electron chi connectivity index (χ0n) is 17.8. The number of hydrogen-bond acceptors (Lipinski definition) is 7. The fourth-order valence-electron chi connectivity index (χ4n) is 3.83. The lowest BCUT2D eigenvalue weighted by Gasteiger charge is -2.36. The molecule has 1 heterocycles. The molecule has 1 aliphatic carbocycles. The molecular formula is C22H29NO7. The summed E-state index contributed by atoms with van der Waals surface area (Å²) in [7, 11) is 1.54.